The molecule has 0 saturated carbocycles. The molecule has 2 aromatic heterocycles. The minimum absolute atomic E-state index is 0.0326. The van der Waals surface area contributed by atoms with Crippen molar-refractivity contribution in [1.29, 1.82) is 0 Å². The second-order valence-electron chi connectivity index (χ2n) is 6.80. The van der Waals surface area contributed by atoms with E-state index >= 15 is 0 Å². The Hall–Kier alpha value is -2.51. The summed E-state index contributed by atoms with van der Waals surface area (Å²) >= 11 is 0. The molecule has 2 aliphatic heterocycles. The average molecular weight is 341 g/mol. The summed E-state index contributed by atoms with van der Waals surface area (Å²) in [6, 6.07) is 0.236. The maximum absolute atomic E-state index is 13.1. The summed E-state index contributed by atoms with van der Waals surface area (Å²) in [5, 5.41) is 4.24. The molecular weight excluding hydrogens is 318 g/mol. The molecule has 8 heteroatoms. The normalized spacial score (nSPS) is 24.3. The third kappa shape index (κ3) is 3.47. The highest BCUT2D eigenvalue weighted by atomic mass is 16.2. The Morgan fingerprint density at radius 1 is 1.08 bits per heavy atom. The van der Waals surface area contributed by atoms with Crippen molar-refractivity contribution in [3.8, 4) is 0 Å². The third-order valence-electron chi connectivity index (χ3n) is 5.16. The van der Waals surface area contributed by atoms with Gasteiger partial charge < -0.3 is 9.80 Å². The van der Waals surface area contributed by atoms with Crippen LogP contribution in [0.4, 0.5) is 5.82 Å². The minimum atomic E-state index is 0.0326. The SMILES string of the molecule is O=C(C1CCCN(c2cnccn2)C1)N1CCCC(n2cncn2)C1. The van der Waals surface area contributed by atoms with Gasteiger partial charge >= 0.3 is 0 Å². The standard InChI is InChI=1S/C17H23N7O/c25-17(23-8-2-4-15(11-23)24-13-19-12-21-24)14-3-1-7-22(10-14)16-9-18-5-6-20-16/h5-6,9,12-15H,1-4,7-8,10-11H2. The predicted octanol–water partition coefficient (Wildman–Crippen LogP) is 1.15. The van der Waals surface area contributed by atoms with Gasteiger partial charge in [-0.1, -0.05) is 0 Å². The van der Waals surface area contributed by atoms with Gasteiger partial charge in [0.2, 0.25) is 5.91 Å². The lowest BCUT2D eigenvalue weighted by Gasteiger charge is -2.38. The van der Waals surface area contributed by atoms with E-state index < -0.39 is 0 Å². The molecule has 2 unspecified atom stereocenters. The Bertz CT molecular complexity index is 690. The molecule has 2 atom stereocenters. The van der Waals surface area contributed by atoms with E-state index in [4.69, 9.17) is 0 Å². The van der Waals surface area contributed by atoms with E-state index in [2.05, 4.69) is 25.0 Å². The van der Waals surface area contributed by atoms with E-state index in [1.165, 1.54) is 0 Å². The van der Waals surface area contributed by atoms with Gasteiger partial charge in [0.05, 0.1) is 18.2 Å². The van der Waals surface area contributed by atoms with Crippen molar-refractivity contribution in [3.63, 3.8) is 0 Å². The van der Waals surface area contributed by atoms with Crippen LogP contribution in [0.1, 0.15) is 31.7 Å². The summed E-state index contributed by atoms with van der Waals surface area (Å²) in [6.07, 6.45) is 12.5. The molecule has 0 N–H and O–H groups in total. The van der Waals surface area contributed by atoms with Gasteiger partial charge in [0.25, 0.3) is 0 Å². The van der Waals surface area contributed by atoms with Crippen LogP contribution in [0.15, 0.2) is 31.2 Å². The van der Waals surface area contributed by atoms with Crippen LogP contribution in [0, 0.1) is 5.92 Å². The first-order chi connectivity index (χ1) is 12.3. The van der Waals surface area contributed by atoms with Gasteiger partial charge in [0, 0.05) is 38.6 Å². The fourth-order valence-corrected chi connectivity index (χ4v) is 3.88. The number of rotatable bonds is 3. The van der Waals surface area contributed by atoms with Gasteiger partial charge in [-0.15, -0.1) is 0 Å². The lowest BCUT2D eigenvalue weighted by molar-refractivity contribution is -0.137. The number of aromatic nitrogens is 5. The Kier molecular flexibility index (Phi) is 4.58. The molecule has 2 aliphatic rings. The molecule has 132 valence electrons. The zero-order valence-corrected chi connectivity index (χ0v) is 14.2. The van der Waals surface area contributed by atoms with Crippen LogP contribution in [0.3, 0.4) is 0 Å². The van der Waals surface area contributed by atoms with Crippen molar-refractivity contribution in [2.45, 2.75) is 31.7 Å². The number of hydrogen-bond donors (Lipinski definition) is 0. The molecule has 0 aromatic carbocycles. The van der Waals surface area contributed by atoms with E-state index in [-0.39, 0.29) is 17.9 Å². The monoisotopic (exact) mass is 341 g/mol. The van der Waals surface area contributed by atoms with Crippen molar-refractivity contribution in [2.24, 2.45) is 5.92 Å². The van der Waals surface area contributed by atoms with Gasteiger partial charge in [-0.2, -0.15) is 5.10 Å². The molecule has 2 saturated heterocycles. The maximum atomic E-state index is 13.1. The van der Waals surface area contributed by atoms with Gasteiger partial charge in [-0.25, -0.2) is 14.6 Å². The van der Waals surface area contributed by atoms with Crippen LogP contribution >= 0.6 is 0 Å². The van der Waals surface area contributed by atoms with Crippen LogP contribution in [0.25, 0.3) is 0 Å². The first kappa shape index (κ1) is 16.0. The summed E-state index contributed by atoms with van der Waals surface area (Å²) in [4.78, 5) is 29.8. The molecule has 4 rings (SSSR count). The zero-order valence-electron chi connectivity index (χ0n) is 14.2. The quantitative estimate of drug-likeness (QED) is 0.833. The molecule has 2 aromatic rings. The lowest BCUT2D eigenvalue weighted by atomic mass is 9.95. The number of carbonyl (C=O) groups excluding carboxylic acids is 1. The molecule has 8 nitrogen and oxygen atoms in total. The largest absolute Gasteiger partial charge is 0.355 e. The summed E-state index contributed by atoms with van der Waals surface area (Å²) < 4.78 is 1.88. The maximum Gasteiger partial charge on any atom is 0.227 e. The van der Waals surface area contributed by atoms with Gasteiger partial charge in [-0.05, 0) is 25.7 Å². The number of piperidine rings is 2. The lowest BCUT2D eigenvalue weighted by Crippen LogP contribution is -2.48. The summed E-state index contributed by atoms with van der Waals surface area (Å²) in [5.74, 6) is 1.16. The highest BCUT2D eigenvalue weighted by molar-refractivity contribution is 5.80. The highest BCUT2D eigenvalue weighted by Crippen LogP contribution is 2.26. The minimum Gasteiger partial charge on any atom is -0.355 e. The Morgan fingerprint density at radius 3 is 2.80 bits per heavy atom. The molecule has 1 amide bonds. The van der Waals surface area contributed by atoms with Gasteiger partial charge in [0.15, 0.2) is 0 Å². The number of amides is 1. The molecule has 0 aliphatic carbocycles. The molecule has 0 bridgehead atoms. The van der Waals surface area contributed by atoms with E-state index in [1.807, 2.05) is 9.58 Å². The average Bonchev–Trinajstić information content (AvgIpc) is 3.23. The molecule has 2 fully saturated rings. The number of nitrogens with zero attached hydrogens (tertiary/aromatic N) is 7. The highest BCUT2D eigenvalue weighted by Gasteiger charge is 2.33. The zero-order chi connectivity index (χ0) is 17.1. The molecule has 25 heavy (non-hydrogen) atoms. The second kappa shape index (κ2) is 7.16. The Balaban J connectivity index is 1.41. The number of anilines is 1. The molecular formula is C17H23N7O. The Morgan fingerprint density at radius 2 is 2.00 bits per heavy atom. The summed E-state index contributed by atoms with van der Waals surface area (Å²) in [5.41, 5.74) is 0. The smallest absolute Gasteiger partial charge is 0.227 e. The topological polar surface area (TPSA) is 80.0 Å². The summed E-state index contributed by atoms with van der Waals surface area (Å²) in [7, 11) is 0. The van der Waals surface area contributed by atoms with Crippen molar-refractivity contribution in [1.82, 2.24) is 29.6 Å². The molecule has 4 heterocycles. The fourth-order valence-electron chi connectivity index (χ4n) is 3.88. The van der Waals surface area contributed by atoms with Crippen molar-refractivity contribution in [3.05, 3.63) is 31.2 Å². The first-order valence-corrected chi connectivity index (χ1v) is 8.95. The number of hydrogen-bond acceptors (Lipinski definition) is 6. The van der Waals surface area contributed by atoms with E-state index in [9.17, 15) is 4.79 Å². The molecule has 0 radical (unpaired) electrons. The predicted molar refractivity (Wildman–Crippen MR) is 91.8 cm³/mol. The first-order valence-electron chi connectivity index (χ1n) is 8.95. The van der Waals surface area contributed by atoms with Crippen molar-refractivity contribution in [2.75, 3.05) is 31.1 Å². The van der Waals surface area contributed by atoms with E-state index in [0.29, 0.717) is 0 Å². The number of carbonyl (C=O) groups is 1. The van der Waals surface area contributed by atoms with Gasteiger partial charge in [-0.3, -0.25) is 9.78 Å². The van der Waals surface area contributed by atoms with Gasteiger partial charge in [0.1, 0.15) is 18.5 Å². The number of likely N-dealkylation sites (tertiary alicyclic amines) is 1. The molecule has 0 spiro atoms. The van der Waals surface area contributed by atoms with E-state index in [0.717, 1.165) is 57.7 Å². The van der Waals surface area contributed by atoms with Crippen LogP contribution in [0.2, 0.25) is 0 Å². The second-order valence-corrected chi connectivity index (χ2v) is 6.80. The summed E-state index contributed by atoms with van der Waals surface area (Å²) in [6.45, 7) is 3.22. The van der Waals surface area contributed by atoms with Crippen molar-refractivity contribution < 1.29 is 4.79 Å². The third-order valence-corrected chi connectivity index (χ3v) is 5.16. The fraction of sp³-hybridized carbons (Fsp3) is 0.588. The van der Waals surface area contributed by atoms with Crippen LogP contribution < -0.4 is 4.90 Å². The van der Waals surface area contributed by atoms with Crippen LogP contribution in [0.5, 0.6) is 0 Å². The van der Waals surface area contributed by atoms with Crippen LogP contribution in [-0.4, -0.2) is 61.7 Å². The van der Waals surface area contributed by atoms with Crippen LogP contribution in [-0.2, 0) is 4.79 Å². The van der Waals surface area contributed by atoms with Crippen molar-refractivity contribution >= 4 is 11.7 Å². The van der Waals surface area contributed by atoms with E-state index in [1.54, 1.807) is 31.2 Å². The Labute approximate surface area is 146 Å².